The summed E-state index contributed by atoms with van der Waals surface area (Å²) in [5.41, 5.74) is 1.98. The summed E-state index contributed by atoms with van der Waals surface area (Å²) in [5.74, 6) is -2.06. The molecule has 0 fully saturated rings. The van der Waals surface area contributed by atoms with Crippen LogP contribution in [0, 0.1) is 13.8 Å². The molecule has 12 heteroatoms. The molecule has 1 aromatic heterocycles. The first-order valence-corrected chi connectivity index (χ1v) is 12.0. The molecule has 1 aliphatic rings. The Morgan fingerprint density at radius 2 is 1.81 bits per heavy atom. The minimum Gasteiger partial charge on any atom is -0.495 e. The molecular formula is C25H21ClN4O6S. The average Bonchev–Trinajstić information content (AvgIpc) is 3.35. The number of imide groups is 1. The van der Waals surface area contributed by atoms with Crippen LogP contribution in [0.3, 0.4) is 0 Å². The first-order valence-electron chi connectivity index (χ1n) is 10.8. The molecule has 0 spiro atoms. The zero-order chi connectivity index (χ0) is 26.9. The third kappa shape index (κ3) is 5.04. The molecule has 0 unspecified atom stereocenters. The second-order valence-electron chi connectivity index (χ2n) is 7.90. The number of hydrogen-bond acceptors (Lipinski definition) is 9. The Balaban J connectivity index is 1.55. The number of anilines is 3. The summed E-state index contributed by atoms with van der Waals surface area (Å²) in [4.78, 5) is 56.1. The highest BCUT2D eigenvalue weighted by Crippen LogP contribution is 2.36. The zero-order valence-electron chi connectivity index (χ0n) is 20.2. The average molecular weight is 541 g/mol. The number of thiazole rings is 1. The van der Waals surface area contributed by atoms with Crippen molar-refractivity contribution in [1.29, 1.82) is 0 Å². The standard InChI is InChI=1S/C25H21ClN4O6S/c1-12-8-9-17(35-3)16(10-12)30-22(32)18(26)19(23(30)33)28-15-7-5-6-14(11-15)21(31)29-25-27-13(2)20(37-25)24(34)36-4/h5-11,28H,1-4H3,(H,27,29,31). The topological polar surface area (TPSA) is 127 Å². The molecule has 0 bridgehead atoms. The Morgan fingerprint density at radius 3 is 2.51 bits per heavy atom. The maximum absolute atomic E-state index is 13.2. The Bertz CT molecular complexity index is 1480. The van der Waals surface area contributed by atoms with Crippen molar-refractivity contribution in [3.05, 3.63) is 74.9 Å². The van der Waals surface area contributed by atoms with Crippen LogP contribution in [-0.4, -0.2) is 42.9 Å². The van der Waals surface area contributed by atoms with E-state index < -0.39 is 23.7 Å². The fraction of sp³-hybridized carbons (Fsp3) is 0.160. The van der Waals surface area contributed by atoms with E-state index in [4.69, 9.17) is 21.1 Å². The van der Waals surface area contributed by atoms with Crippen LogP contribution in [0.4, 0.5) is 16.5 Å². The lowest BCUT2D eigenvalue weighted by atomic mass is 10.2. The SMILES string of the molecule is COC(=O)c1sc(NC(=O)c2cccc(NC3=C(Cl)C(=O)N(c4cc(C)ccc4OC)C3=O)c2)nc1C. The first-order chi connectivity index (χ1) is 17.6. The highest BCUT2D eigenvalue weighted by atomic mass is 35.5. The van der Waals surface area contributed by atoms with Crippen LogP contribution < -0.4 is 20.3 Å². The van der Waals surface area contributed by atoms with Crippen molar-refractivity contribution in [1.82, 2.24) is 4.98 Å². The van der Waals surface area contributed by atoms with E-state index in [2.05, 4.69) is 15.6 Å². The molecule has 37 heavy (non-hydrogen) atoms. The molecule has 0 saturated carbocycles. The molecule has 2 N–H and O–H groups in total. The molecule has 2 heterocycles. The van der Waals surface area contributed by atoms with Crippen LogP contribution in [0.15, 0.2) is 53.2 Å². The highest BCUT2D eigenvalue weighted by Gasteiger charge is 2.40. The number of carbonyl (C=O) groups excluding carboxylic acids is 4. The largest absolute Gasteiger partial charge is 0.495 e. The molecule has 0 atom stereocenters. The molecule has 0 radical (unpaired) electrons. The van der Waals surface area contributed by atoms with Gasteiger partial charge in [-0.15, -0.1) is 0 Å². The van der Waals surface area contributed by atoms with Gasteiger partial charge in [-0.3, -0.25) is 19.7 Å². The normalized spacial score (nSPS) is 13.2. The molecule has 3 amide bonds. The monoisotopic (exact) mass is 540 g/mol. The van der Waals surface area contributed by atoms with Crippen molar-refractivity contribution in [2.24, 2.45) is 0 Å². The number of halogens is 1. The molecule has 3 aromatic rings. The van der Waals surface area contributed by atoms with Crippen LogP contribution in [0.5, 0.6) is 5.75 Å². The molecule has 4 rings (SSSR count). The minimum atomic E-state index is -0.701. The van der Waals surface area contributed by atoms with Gasteiger partial charge in [0.05, 0.1) is 25.6 Å². The predicted octanol–water partition coefficient (Wildman–Crippen LogP) is 4.24. The fourth-order valence-electron chi connectivity index (χ4n) is 3.59. The number of carbonyl (C=O) groups is 4. The lowest BCUT2D eigenvalue weighted by Crippen LogP contribution is -2.32. The number of aromatic nitrogens is 1. The van der Waals surface area contributed by atoms with Crippen molar-refractivity contribution in [2.75, 3.05) is 29.8 Å². The van der Waals surface area contributed by atoms with Crippen LogP contribution >= 0.6 is 22.9 Å². The van der Waals surface area contributed by atoms with Gasteiger partial charge in [-0.25, -0.2) is 14.7 Å². The van der Waals surface area contributed by atoms with E-state index in [1.807, 2.05) is 6.92 Å². The summed E-state index contributed by atoms with van der Waals surface area (Å²) in [5, 5.41) is 5.43. The number of methoxy groups -OCH3 is 2. The molecule has 0 saturated heterocycles. The number of ether oxygens (including phenoxy) is 2. The van der Waals surface area contributed by atoms with E-state index in [9.17, 15) is 19.2 Å². The maximum Gasteiger partial charge on any atom is 0.350 e. The van der Waals surface area contributed by atoms with Gasteiger partial charge in [0.2, 0.25) is 0 Å². The molecule has 0 aliphatic carbocycles. The van der Waals surface area contributed by atoms with E-state index in [-0.39, 0.29) is 32.0 Å². The van der Waals surface area contributed by atoms with Gasteiger partial charge in [0.25, 0.3) is 17.7 Å². The minimum absolute atomic E-state index is 0.133. The van der Waals surface area contributed by atoms with Crippen molar-refractivity contribution >= 4 is 63.1 Å². The number of amides is 3. The maximum atomic E-state index is 13.2. The van der Waals surface area contributed by atoms with E-state index in [0.717, 1.165) is 21.8 Å². The van der Waals surface area contributed by atoms with Gasteiger partial charge in [-0.1, -0.05) is 35.1 Å². The van der Waals surface area contributed by atoms with E-state index >= 15 is 0 Å². The smallest absolute Gasteiger partial charge is 0.350 e. The number of esters is 1. The van der Waals surface area contributed by atoms with Gasteiger partial charge in [0, 0.05) is 11.3 Å². The third-order valence-corrected chi connectivity index (χ3v) is 6.79. The molecule has 2 aromatic carbocycles. The van der Waals surface area contributed by atoms with Crippen LogP contribution in [0.2, 0.25) is 0 Å². The van der Waals surface area contributed by atoms with Crippen LogP contribution in [0.25, 0.3) is 0 Å². The summed E-state index contributed by atoms with van der Waals surface area (Å²) in [6.07, 6.45) is 0. The van der Waals surface area contributed by atoms with Crippen molar-refractivity contribution in [3.8, 4) is 5.75 Å². The van der Waals surface area contributed by atoms with Gasteiger partial charge in [0.15, 0.2) is 5.13 Å². The predicted molar refractivity (Wildman–Crippen MR) is 139 cm³/mol. The second kappa shape index (κ2) is 10.4. The Labute approximate surface area is 220 Å². The zero-order valence-corrected chi connectivity index (χ0v) is 21.7. The number of nitrogens with one attached hydrogen (secondary N) is 2. The summed E-state index contributed by atoms with van der Waals surface area (Å²) in [6, 6.07) is 11.4. The number of rotatable bonds is 7. The van der Waals surface area contributed by atoms with Gasteiger partial charge in [-0.05, 0) is 49.7 Å². The van der Waals surface area contributed by atoms with E-state index in [1.165, 1.54) is 20.3 Å². The number of aryl methyl sites for hydroxylation is 2. The lowest BCUT2D eigenvalue weighted by molar-refractivity contribution is -0.120. The molecular weight excluding hydrogens is 520 g/mol. The van der Waals surface area contributed by atoms with Crippen LogP contribution in [-0.2, 0) is 14.3 Å². The first kappa shape index (κ1) is 25.9. The Kier molecular flexibility index (Phi) is 7.28. The summed E-state index contributed by atoms with van der Waals surface area (Å²) in [7, 11) is 2.70. The van der Waals surface area contributed by atoms with Crippen molar-refractivity contribution in [3.63, 3.8) is 0 Å². The molecule has 1 aliphatic heterocycles. The summed E-state index contributed by atoms with van der Waals surface area (Å²) >= 11 is 7.25. The van der Waals surface area contributed by atoms with Crippen LogP contribution in [0.1, 0.15) is 31.3 Å². The van der Waals surface area contributed by atoms with Crippen molar-refractivity contribution in [2.45, 2.75) is 13.8 Å². The number of benzene rings is 2. The van der Waals surface area contributed by atoms with E-state index in [1.54, 1.807) is 43.3 Å². The number of hydrogen-bond donors (Lipinski definition) is 2. The Hall–Kier alpha value is -4.22. The van der Waals surface area contributed by atoms with Gasteiger partial charge >= 0.3 is 5.97 Å². The third-order valence-electron chi connectivity index (χ3n) is 5.38. The Morgan fingerprint density at radius 1 is 1.05 bits per heavy atom. The summed E-state index contributed by atoms with van der Waals surface area (Å²) < 4.78 is 10.0. The van der Waals surface area contributed by atoms with Gasteiger partial charge in [0.1, 0.15) is 21.4 Å². The quantitative estimate of drug-likeness (QED) is 0.336. The van der Waals surface area contributed by atoms with Gasteiger partial charge in [-0.2, -0.15) is 0 Å². The second-order valence-corrected chi connectivity index (χ2v) is 9.27. The molecule has 190 valence electrons. The van der Waals surface area contributed by atoms with E-state index in [0.29, 0.717) is 17.1 Å². The fourth-order valence-corrected chi connectivity index (χ4v) is 4.68. The van der Waals surface area contributed by atoms with Gasteiger partial charge < -0.3 is 14.8 Å². The lowest BCUT2D eigenvalue weighted by Gasteiger charge is -2.18. The molecule has 10 nitrogen and oxygen atoms in total. The van der Waals surface area contributed by atoms with Crippen molar-refractivity contribution < 1.29 is 28.7 Å². The summed E-state index contributed by atoms with van der Waals surface area (Å²) in [6.45, 7) is 3.46. The highest BCUT2D eigenvalue weighted by molar-refractivity contribution is 7.17. The number of nitrogens with zero attached hydrogens (tertiary/aromatic N) is 2.